The van der Waals surface area contributed by atoms with Gasteiger partial charge in [0.15, 0.2) is 0 Å². The molecule has 0 aromatic heterocycles. The van der Waals surface area contributed by atoms with E-state index in [1.807, 2.05) is 11.0 Å². The summed E-state index contributed by atoms with van der Waals surface area (Å²) in [5.74, 6) is 3.62. The number of benzene rings is 1. The molecule has 1 aromatic carbocycles. The summed E-state index contributed by atoms with van der Waals surface area (Å²) < 4.78 is 10.9. The van der Waals surface area contributed by atoms with Crippen LogP contribution in [0.3, 0.4) is 0 Å². The Labute approximate surface area is 184 Å². The van der Waals surface area contributed by atoms with Gasteiger partial charge in [0.05, 0.1) is 19.6 Å². The number of carbonyl (C=O) groups excluding carboxylic acids is 2. The van der Waals surface area contributed by atoms with Crippen molar-refractivity contribution in [1.29, 1.82) is 0 Å². The van der Waals surface area contributed by atoms with E-state index in [0.717, 1.165) is 50.0 Å². The van der Waals surface area contributed by atoms with Crippen molar-refractivity contribution in [1.82, 2.24) is 9.80 Å². The molecule has 0 N–H and O–H groups in total. The van der Waals surface area contributed by atoms with Crippen LogP contribution >= 0.6 is 0 Å². The monoisotopic (exact) mass is 426 g/mol. The predicted molar refractivity (Wildman–Crippen MR) is 117 cm³/mol. The minimum absolute atomic E-state index is 0.0848. The summed E-state index contributed by atoms with van der Waals surface area (Å²) in [5.41, 5.74) is 0.355. The maximum absolute atomic E-state index is 13.7. The Kier molecular flexibility index (Phi) is 5.35. The normalized spacial score (nSPS) is 32.0. The first-order chi connectivity index (χ1) is 15.0. The molecule has 0 atom stereocenters. The zero-order valence-corrected chi connectivity index (χ0v) is 18.8. The Bertz CT molecular complexity index is 810. The zero-order chi connectivity index (χ0) is 21.6. The molecule has 4 bridgehead atoms. The van der Waals surface area contributed by atoms with Gasteiger partial charge in [0.25, 0.3) is 5.91 Å². The highest BCUT2D eigenvalue weighted by Gasteiger charge is 2.55. The zero-order valence-electron chi connectivity index (χ0n) is 18.8. The van der Waals surface area contributed by atoms with E-state index in [-0.39, 0.29) is 11.3 Å². The fourth-order valence-corrected chi connectivity index (χ4v) is 7.25. The minimum atomic E-state index is -0.111. The van der Waals surface area contributed by atoms with E-state index in [9.17, 15) is 9.59 Å². The van der Waals surface area contributed by atoms with Crippen molar-refractivity contribution in [2.75, 3.05) is 40.4 Å². The first-order valence-corrected chi connectivity index (χ1v) is 11.8. The van der Waals surface area contributed by atoms with Gasteiger partial charge in [-0.3, -0.25) is 9.59 Å². The molecule has 5 aliphatic rings. The summed E-state index contributed by atoms with van der Waals surface area (Å²) in [7, 11) is 3.14. The predicted octanol–water partition coefficient (Wildman–Crippen LogP) is 3.59. The summed E-state index contributed by atoms with van der Waals surface area (Å²) in [6.45, 7) is 2.56. The van der Waals surface area contributed by atoms with Gasteiger partial charge in [0, 0.05) is 26.2 Å². The molecular formula is C25H34N2O4. The van der Waals surface area contributed by atoms with E-state index in [1.165, 1.54) is 19.3 Å². The van der Waals surface area contributed by atoms with Crippen LogP contribution in [-0.2, 0) is 4.79 Å². The Balaban J connectivity index is 1.30. The second-order valence-corrected chi connectivity index (χ2v) is 10.2. The van der Waals surface area contributed by atoms with Crippen molar-refractivity contribution in [2.45, 2.75) is 44.9 Å². The Morgan fingerprint density at radius 1 is 0.839 bits per heavy atom. The highest BCUT2D eigenvalue weighted by molar-refractivity contribution is 5.99. The minimum Gasteiger partial charge on any atom is -0.496 e. The molecule has 1 aliphatic heterocycles. The third-order valence-electron chi connectivity index (χ3n) is 8.20. The summed E-state index contributed by atoms with van der Waals surface area (Å²) in [6.07, 6.45) is 8.11. The highest BCUT2D eigenvalue weighted by atomic mass is 16.5. The Morgan fingerprint density at radius 2 is 1.35 bits per heavy atom. The van der Waals surface area contributed by atoms with E-state index < -0.39 is 0 Å². The number of hydrogen-bond donors (Lipinski definition) is 0. The van der Waals surface area contributed by atoms with Gasteiger partial charge in [-0.15, -0.1) is 0 Å². The molecule has 5 fully saturated rings. The SMILES string of the molecule is COc1cccc(OC)c1C(=O)N1CCCN(C(=O)C23CC4CC(CC(C4)C2)C3)CC1. The first kappa shape index (κ1) is 20.7. The first-order valence-electron chi connectivity index (χ1n) is 11.8. The lowest BCUT2D eigenvalue weighted by atomic mass is 9.49. The van der Waals surface area contributed by atoms with Gasteiger partial charge in [-0.2, -0.15) is 0 Å². The number of amides is 2. The van der Waals surface area contributed by atoms with E-state index in [1.54, 1.807) is 26.4 Å². The summed E-state index contributed by atoms with van der Waals surface area (Å²) in [5, 5.41) is 0. The van der Waals surface area contributed by atoms with E-state index in [0.29, 0.717) is 42.6 Å². The van der Waals surface area contributed by atoms with Gasteiger partial charge in [0.2, 0.25) is 5.91 Å². The van der Waals surface area contributed by atoms with Gasteiger partial charge in [-0.1, -0.05) is 6.07 Å². The average molecular weight is 427 g/mol. The van der Waals surface area contributed by atoms with Crippen molar-refractivity contribution < 1.29 is 19.1 Å². The number of carbonyl (C=O) groups is 2. The van der Waals surface area contributed by atoms with Crippen molar-refractivity contribution >= 4 is 11.8 Å². The molecule has 31 heavy (non-hydrogen) atoms. The molecule has 1 saturated heterocycles. The third-order valence-corrected chi connectivity index (χ3v) is 8.20. The molecule has 0 spiro atoms. The average Bonchev–Trinajstić information content (AvgIpc) is 3.03. The second-order valence-electron chi connectivity index (χ2n) is 10.2. The Hall–Kier alpha value is -2.24. The van der Waals surface area contributed by atoms with Crippen molar-refractivity contribution in [3.8, 4) is 11.5 Å². The summed E-state index contributed by atoms with van der Waals surface area (Å²) >= 11 is 0. The fourth-order valence-electron chi connectivity index (χ4n) is 7.25. The van der Waals surface area contributed by atoms with Crippen LogP contribution in [0.15, 0.2) is 18.2 Å². The maximum Gasteiger partial charge on any atom is 0.261 e. The molecule has 0 unspecified atom stereocenters. The topological polar surface area (TPSA) is 59.1 Å². The lowest BCUT2D eigenvalue weighted by molar-refractivity contribution is -0.157. The number of methoxy groups -OCH3 is 2. The third kappa shape index (κ3) is 3.58. The molecule has 6 heteroatoms. The van der Waals surface area contributed by atoms with Gasteiger partial charge < -0.3 is 19.3 Å². The van der Waals surface area contributed by atoms with E-state index in [4.69, 9.17) is 9.47 Å². The maximum atomic E-state index is 13.7. The van der Waals surface area contributed by atoms with Crippen molar-refractivity contribution in [3.05, 3.63) is 23.8 Å². The van der Waals surface area contributed by atoms with Gasteiger partial charge in [0.1, 0.15) is 17.1 Å². The van der Waals surface area contributed by atoms with Gasteiger partial charge in [-0.05, 0) is 74.8 Å². The van der Waals surface area contributed by atoms with Crippen LogP contribution in [0.2, 0.25) is 0 Å². The van der Waals surface area contributed by atoms with Gasteiger partial charge >= 0.3 is 0 Å². The molecule has 168 valence electrons. The van der Waals surface area contributed by atoms with Crippen LogP contribution in [-0.4, -0.2) is 62.0 Å². The molecular weight excluding hydrogens is 392 g/mol. The molecule has 6 rings (SSSR count). The van der Waals surface area contributed by atoms with Crippen LogP contribution in [0.25, 0.3) is 0 Å². The van der Waals surface area contributed by atoms with Crippen LogP contribution < -0.4 is 9.47 Å². The number of hydrogen-bond acceptors (Lipinski definition) is 4. The van der Waals surface area contributed by atoms with Crippen LogP contribution in [0.5, 0.6) is 11.5 Å². The molecule has 6 nitrogen and oxygen atoms in total. The van der Waals surface area contributed by atoms with Gasteiger partial charge in [-0.25, -0.2) is 0 Å². The van der Waals surface area contributed by atoms with E-state index >= 15 is 0 Å². The number of rotatable bonds is 4. The molecule has 0 radical (unpaired) electrons. The lowest BCUT2D eigenvalue weighted by Crippen LogP contribution is -2.55. The molecule has 1 aromatic rings. The van der Waals surface area contributed by atoms with Crippen LogP contribution in [0.1, 0.15) is 55.3 Å². The summed E-state index contributed by atoms with van der Waals surface area (Å²) in [4.78, 5) is 31.0. The number of nitrogens with zero attached hydrogens (tertiary/aromatic N) is 2. The smallest absolute Gasteiger partial charge is 0.261 e. The fraction of sp³-hybridized carbons (Fsp3) is 0.680. The quantitative estimate of drug-likeness (QED) is 0.738. The summed E-state index contributed by atoms with van der Waals surface area (Å²) in [6, 6.07) is 5.40. The van der Waals surface area contributed by atoms with Crippen molar-refractivity contribution in [2.24, 2.45) is 23.2 Å². The molecule has 4 aliphatic carbocycles. The molecule has 4 saturated carbocycles. The second kappa shape index (κ2) is 8.03. The standard InChI is InChI=1S/C25H34N2O4/c1-30-20-5-3-6-21(31-2)22(20)23(28)26-7-4-8-27(10-9-26)24(29)25-14-17-11-18(15-25)13-19(12-17)16-25/h3,5-6,17-19H,4,7-16H2,1-2H3. The lowest BCUT2D eigenvalue weighted by Gasteiger charge is -2.56. The van der Waals surface area contributed by atoms with Crippen molar-refractivity contribution in [3.63, 3.8) is 0 Å². The molecule has 1 heterocycles. The Morgan fingerprint density at radius 3 is 1.90 bits per heavy atom. The van der Waals surface area contributed by atoms with E-state index in [2.05, 4.69) is 4.90 Å². The number of ether oxygens (including phenoxy) is 2. The highest BCUT2D eigenvalue weighted by Crippen LogP contribution is 2.60. The molecule has 2 amide bonds. The van der Waals surface area contributed by atoms with Crippen LogP contribution in [0, 0.1) is 23.2 Å². The largest absolute Gasteiger partial charge is 0.496 e. The van der Waals surface area contributed by atoms with Crippen LogP contribution in [0.4, 0.5) is 0 Å².